The van der Waals surface area contributed by atoms with Gasteiger partial charge in [-0.15, -0.1) is 11.6 Å². The SMILES string of the molecule is Cc1cc(C2(C)CC(Cl)CCO2)c(C)o1. The number of aryl methyl sites for hydroxylation is 2. The number of rotatable bonds is 1. The molecule has 84 valence electrons. The van der Waals surface area contributed by atoms with E-state index in [0.29, 0.717) is 0 Å². The maximum Gasteiger partial charge on any atom is 0.107 e. The summed E-state index contributed by atoms with van der Waals surface area (Å²) in [7, 11) is 0. The molecule has 0 saturated carbocycles. The lowest BCUT2D eigenvalue weighted by molar-refractivity contribution is -0.0691. The third-order valence-corrected chi connectivity index (χ3v) is 3.45. The van der Waals surface area contributed by atoms with Crippen LogP contribution in [0.5, 0.6) is 0 Å². The van der Waals surface area contributed by atoms with Gasteiger partial charge in [0.05, 0.1) is 5.60 Å². The molecule has 1 aromatic rings. The molecule has 0 N–H and O–H groups in total. The van der Waals surface area contributed by atoms with Crippen LogP contribution in [0.4, 0.5) is 0 Å². The molecular weight excluding hydrogens is 212 g/mol. The monoisotopic (exact) mass is 228 g/mol. The van der Waals surface area contributed by atoms with Gasteiger partial charge in [0, 0.05) is 17.5 Å². The summed E-state index contributed by atoms with van der Waals surface area (Å²) >= 11 is 6.20. The molecule has 1 saturated heterocycles. The van der Waals surface area contributed by atoms with Gasteiger partial charge in [0.1, 0.15) is 11.5 Å². The number of hydrogen-bond donors (Lipinski definition) is 0. The molecule has 2 nitrogen and oxygen atoms in total. The Morgan fingerprint density at radius 1 is 1.47 bits per heavy atom. The van der Waals surface area contributed by atoms with E-state index in [1.807, 2.05) is 13.8 Å². The number of furan rings is 1. The highest BCUT2D eigenvalue weighted by Crippen LogP contribution is 2.39. The molecule has 1 fully saturated rings. The Kier molecular flexibility index (Phi) is 2.82. The highest BCUT2D eigenvalue weighted by molar-refractivity contribution is 6.20. The first-order valence-corrected chi connectivity index (χ1v) is 5.80. The average molecular weight is 229 g/mol. The molecule has 1 aromatic heterocycles. The van der Waals surface area contributed by atoms with Crippen molar-refractivity contribution >= 4 is 11.6 Å². The van der Waals surface area contributed by atoms with Gasteiger partial charge in [0.15, 0.2) is 0 Å². The maximum atomic E-state index is 6.20. The topological polar surface area (TPSA) is 22.4 Å². The summed E-state index contributed by atoms with van der Waals surface area (Å²) in [6, 6.07) is 2.06. The van der Waals surface area contributed by atoms with Crippen molar-refractivity contribution in [2.24, 2.45) is 0 Å². The van der Waals surface area contributed by atoms with Crippen molar-refractivity contribution in [1.29, 1.82) is 0 Å². The van der Waals surface area contributed by atoms with Crippen molar-refractivity contribution in [3.63, 3.8) is 0 Å². The van der Waals surface area contributed by atoms with Gasteiger partial charge >= 0.3 is 0 Å². The zero-order valence-corrected chi connectivity index (χ0v) is 10.2. The van der Waals surface area contributed by atoms with Gasteiger partial charge in [-0.1, -0.05) is 0 Å². The second kappa shape index (κ2) is 3.84. The lowest BCUT2D eigenvalue weighted by Crippen LogP contribution is -2.35. The van der Waals surface area contributed by atoms with E-state index in [1.54, 1.807) is 0 Å². The molecule has 15 heavy (non-hydrogen) atoms. The molecule has 0 aliphatic carbocycles. The highest BCUT2D eigenvalue weighted by Gasteiger charge is 2.36. The maximum absolute atomic E-state index is 6.20. The van der Waals surface area contributed by atoms with Crippen LogP contribution in [0.1, 0.15) is 36.8 Å². The standard InChI is InChI=1S/C12H17ClO2/c1-8-6-11(9(2)15-8)12(3)7-10(13)4-5-14-12/h6,10H,4-5,7H2,1-3H3. The van der Waals surface area contributed by atoms with E-state index in [4.69, 9.17) is 20.8 Å². The van der Waals surface area contributed by atoms with E-state index in [0.717, 1.165) is 36.5 Å². The molecule has 0 bridgehead atoms. The van der Waals surface area contributed by atoms with E-state index in [9.17, 15) is 0 Å². The van der Waals surface area contributed by atoms with Gasteiger partial charge in [-0.2, -0.15) is 0 Å². The van der Waals surface area contributed by atoms with Crippen LogP contribution in [0.25, 0.3) is 0 Å². The number of alkyl halides is 1. The fourth-order valence-corrected chi connectivity index (χ4v) is 2.72. The van der Waals surface area contributed by atoms with Crippen molar-refractivity contribution in [1.82, 2.24) is 0 Å². The minimum atomic E-state index is -0.271. The average Bonchev–Trinajstić information content (AvgIpc) is 2.45. The van der Waals surface area contributed by atoms with Gasteiger partial charge in [-0.3, -0.25) is 0 Å². The highest BCUT2D eigenvalue weighted by atomic mass is 35.5. The van der Waals surface area contributed by atoms with E-state index in [-0.39, 0.29) is 11.0 Å². The Balaban J connectivity index is 2.31. The van der Waals surface area contributed by atoms with Gasteiger partial charge in [0.2, 0.25) is 0 Å². The second-order valence-corrected chi connectivity index (χ2v) is 5.11. The van der Waals surface area contributed by atoms with Crippen molar-refractivity contribution < 1.29 is 9.15 Å². The van der Waals surface area contributed by atoms with Gasteiger partial charge in [0.25, 0.3) is 0 Å². The van der Waals surface area contributed by atoms with Gasteiger partial charge < -0.3 is 9.15 Å². The predicted octanol–water partition coefficient (Wildman–Crippen LogP) is 3.53. The summed E-state index contributed by atoms with van der Waals surface area (Å²) in [6.07, 6.45) is 1.79. The smallest absolute Gasteiger partial charge is 0.107 e. The molecule has 1 aliphatic rings. The van der Waals surface area contributed by atoms with E-state index < -0.39 is 0 Å². The van der Waals surface area contributed by atoms with Gasteiger partial charge in [-0.05, 0) is 39.7 Å². The summed E-state index contributed by atoms with van der Waals surface area (Å²) < 4.78 is 11.4. The van der Waals surface area contributed by atoms with Crippen LogP contribution in [0.2, 0.25) is 0 Å². The van der Waals surface area contributed by atoms with Crippen molar-refractivity contribution in [2.45, 2.75) is 44.6 Å². The summed E-state index contributed by atoms with van der Waals surface area (Å²) in [4.78, 5) is 0. The third kappa shape index (κ3) is 2.06. The molecule has 2 rings (SSSR count). The summed E-state index contributed by atoms with van der Waals surface area (Å²) in [5.41, 5.74) is 0.873. The molecule has 3 heteroatoms. The molecule has 0 radical (unpaired) electrons. The molecule has 0 amide bonds. The zero-order chi connectivity index (χ0) is 11.1. The van der Waals surface area contributed by atoms with Crippen LogP contribution in [-0.4, -0.2) is 12.0 Å². The van der Waals surface area contributed by atoms with Crippen LogP contribution in [-0.2, 0) is 10.3 Å². The first kappa shape index (κ1) is 11.0. The van der Waals surface area contributed by atoms with Crippen molar-refractivity contribution in [2.75, 3.05) is 6.61 Å². The number of ether oxygens (including phenoxy) is 1. The van der Waals surface area contributed by atoms with Crippen LogP contribution >= 0.6 is 11.6 Å². The number of hydrogen-bond acceptors (Lipinski definition) is 2. The Bertz CT molecular complexity index is 359. The minimum absolute atomic E-state index is 0.207. The van der Waals surface area contributed by atoms with Crippen molar-refractivity contribution in [3.05, 3.63) is 23.2 Å². The summed E-state index contributed by atoms with van der Waals surface area (Å²) in [5.74, 6) is 1.88. The van der Waals surface area contributed by atoms with Crippen LogP contribution in [0.3, 0.4) is 0 Å². The van der Waals surface area contributed by atoms with E-state index in [1.165, 1.54) is 0 Å². The van der Waals surface area contributed by atoms with E-state index in [2.05, 4.69) is 13.0 Å². The van der Waals surface area contributed by atoms with Crippen LogP contribution in [0, 0.1) is 13.8 Å². The Labute approximate surface area is 95.6 Å². The summed E-state index contributed by atoms with van der Waals surface area (Å²) in [6.45, 7) is 6.77. The normalized spacial score (nSPS) is 31.9. The molecule has 2 unspecified atom stereocenters. The predicted molar refractivity (Wildman–Crippen MR) is 60.4 cm³/mol. The molecule has 2 heterocycles. The molecule has 2 atom stereocenters. The molecule has 1 aliphatic heterocycles. The Morgan fingerprint density at radius 3 is 2.73 bits per heavy atom. The van der Waals surface area contributed by atoms with E-state index >= 15 is 0 Å². The van der Waals surface area contributed by atoms with Crippen molar-refractivity contribution in [3.8, 4) is 0 Å². The van der Waals surface area contributed by atoms with Gasteiger partial charge in [-0.25, -0.2) is 0 Å². The first-order chi connectivity index (χ1) is 7.01. The lowest BCUT2D eigenvalue weighted by Gasteiger charge is -2.36. The molecular formula is C12H17ClO2. The number of halogens is 1. The largest absolute Gasteiger partial charge is 0.466 e. The fourth-order valence-electron chi connectivity index (χ4n) is 2.34. The second-order valence-electron chi connectivity index (χ2n) is 4.50. The third-order valence-electron chi connectivity index (χ3n) is 3.07. The summed E-state index contributed by atoms with van der Waals surface area (Å²) in [5, 5.41) is 0.207. The Hall–Kier alpha value is -0.470. The van der Waals surface area contributed by atoms with Crippen LogP contribution < -0.4 is 0 Å². The first-order valence-electron chi connectivity index (χ1n) is 5.37. The molecule has 0 aromatic carbocycles. The molecule has 0 spiro atoms. The Morgan fingerprint density at radius 2 is 2.20 bits per heavy atom. The van der Waals surface area contributed by atoms with Crippen LogP contribution in [0.15, 0.2) is 10.5 Å². The fraction of sp³-hybridized carbons (Fsp3) is 0.667. The zero-order valence-electron chi connectivity index (χ0n) is 9.47. The quantitative estimate of drug-likeness (QED) is 0.687. The lowest BCUT2D eigenvalue weighted by atomic mass is 9.88. The minimum Gasteiger partial charge on any atom is -0.466 e.